The van der Waals surface area contributed by atoms with Crippen molar-refractivity contribution in [2.45, 2.75) is 12.1 Å². The summed E-state index contributed by atoms with van der Waals surface area (Å²) in [4.78, 5) is 26.8. The molecule has 2 N–H and O–H groups in total. The summed E-state index contributed by atoms with van der Waals surface area (Å²) in [6, 6.07) is 11.2. The van der Waals surface area contributed by atoms with E-state index in [1.807, 2.05) is 0 Å². The zero-order valence-electron chi connectivity index (χ0n) is 15.3. The van der Waals surface area contributed by atoms with Gasteiger partial charge in [0.2, 0.25) is 11.8 Å². The molecule has 152 valence electrons. The maximum Gasteiger partial charge on any atom is 0.416 e. The molecule has 1 fully saturated rings. The highest BCUT2D eigenvalue weighted by Crippen LogP contribution is 2.37. The number of hydrogen-bond donors (Lipinski definition) is 2. The number of nitrogens with zero attached hydrogens (tertiary/aromatic N) is 2. The Morgan fingerprint density at radius 1 is 1.24 bits per heavy atom. The topological polar surface area (TPSA) is 82.0 Å². The highest BCUT2D eigenvalue weighted by Gasteiger charge is 2.45. The summed E-state index contributed by atoms with van der Waals surface area (Å²) in [6.45, 7) is 0.123. The monoisotopic (exact) mass is 405 g/mol. The van der Waals surface area contributed by atoms with Crippen molar-refractivity contribution >= 4 is 23.7 Å². The fourth-order valence-electron chi connectivity index (χ4n) is 3.43. The number of hydrogen-bond acceptors (Lipinski definition) is 4. The predicted molar refractivity (Wildman–Crippen MR) is 99.8 cm³/mol. The molecule has 0 saturated carbocycles. The van der Waals surface area contributed by atoms with E-state index < -0.39 is 35.4 Å². The van der Waals surface area contributed by atoms with Crippen molar-refractivity contribution in [2.75, 3.05) is 18.9 Å². The standard InChI is InChI=1S/C20H18F3N3O3/c1-26-11-15(12-6-4-7-14(9-12)20(21,22)23)17(19(26)28)18(27)25-16-8-3-2-5-13(16)10-24-29/h2-10,15,17,29H,11H2,1H3,(H,25,27)/b24-10+/t15-,17+/m1/s1. The van der Waals surface area contributed by atoms with Crippen molar-refractivity contribution in [2.24, 2.45) is 11.1 Å². The summed E-state index contributed by atoms with van der Waals surface area (Å²) >= 11 is 0. The zero-order valence-corrected chi connectivity index (χ0v) is 15.3. The van der Waals surface area contributed by atoms with Crippen LogP contribution in [0.4, 0.5) is 18.9 Å². The van der Waals surface area contributed by atoms with Crippen LogP contribution in [0.2, 0.25) is 0 Å². The van der Waals surface area contributed by atoms with Gasteiger partial charge in [-0.15, -0.1) is 0 Å². The van der Waals surface area contributed by atoms with E-state index in [2.05, 4.69) is 10.5 Å². The lowest BCUT2D eigenvalue weighted by atomic mass is 9.87. The summed E-state index contributed by atoms with van der Waals surface area (Å²) in [5.41, 5.74) is 0.168. The van der Waals surface area contributed by atoms with Crippen LogP contribution in [0, 0.1) is 5.92 Å². The van der Waals surface area contributed by atoms with E-state index in [1.54, 1.807) is 24.3 Å². The minimum atomic E-state index is -4.52. The van der Waals surface area contributed by atoms with Crippen molar-refractivity contribution in [1.29, 1.82) is 0 Å². The summed E-state index contributed by atoms with van der Waals surface area (Å²) in [7, 11) is 1.50. The molecule has 9 heteroatoms. The number of para-hydroxylation sites is 1. The lowest BCUT2D eigenvalue weighted by Gasteiger charge is -2.19. The first-order valence-corrected chi connectivity index (χ1v) is 8.72. The molecule has 0 bridgehead atoms. The summed E-state index contributed by atoms with van der Waals surface area (Å²) in [6.07, 6.45) is -3.40. The molecule has 0 radical (unpaired) electrons. The molecule has 0 spiro atoms. The zero-order chi connectivity index (χ0) is 21.2. The molecule has 2 aromatic carbocycles. The van der Waals surface area contributed by atoms with Crippen LogP contribution >= 0.6 is 0 Å². The van der Waals surface area contributed by atoms with Gasteiger partial charge in [-0.3, -0.25) is 9.59 Å². The number of alkyl halides is 3. The summed E-state index contributed by atoms with van der Waals surface area (Å²) < 4.78 is 39.2. The Kier molecular flexibility index (Phi) is 5.58. The molecule has 3 rings (SSSR count). The second-order valence-corrected chi connectivity index (χ2v) is 6.75. The fraction of sp³-hybridized carbons (Fsp3) is 0.250. The Morgan fingerprint density at radius 3 is 2.66 bits per heavy atom. The van der Waals surface area contributed by atoms with Crippen molar-refractivity contribution in [1.82, 2.24) is 4.90 Å². The number of halogens is 3. The molecule has 2 aromatic rings. The lowest BCUT2D eigenvalue weighted by Crippen LogP contribution is -2.33. The quantitative estimate of drug-likeness (QED) is 0.354. The third-order valence-corrected chi connectivity index (χ3v) is 4.86. The summed E-state index contributed by atoms with van der Waals surface area (Å²) in [5.74, 6) is -3.02. The average Bonchev–Trinajstić information content (AvgIpc) is 2.98. The fourth-order valence-corrected chi connectivity index (χ4v) is 3.43. The van der Waals surface area contributed by atoms with Crippen LogP contribution in [0.25, 0.3) is 0 Å². The highest BCUT2D eigenvalue weighted by atomic mass is 19.4. The van der Waals surface area contributed by atoms with Crippen LogP contribution in [0.5, 0.6) is 0 Å². The molecule has 2 atom stereocenters. The van der Waals surface area contributed by atoms with Gasteiger partial charge in [0.15, 0.2) is 0 Å². The number of oxime groups is 1. The number of anilines is 1. The number of rotatable bonds is 4. The number of likely N-dealkylation sites (N-methyl/N-ethyl adjacent to an activating group) is 1. The Bertz CT molecular complexity index is 959. The maximum absolute atomic E-state index is 13.1. The van der Waals surface area contributed by atoms with Crippen LogP contribution in [-0.2, 0) is 15.8 Å². The van der Waals surface area contributed by atoms with Gasteiger partial charge in [-0.2, -0.15) is 13.2 Å². The van der Waals surface area contributed by atoms with E-state index in [0.717, 1.165) is 18.3 Å². The minimum absolute atomic E-state index is 0.123. The van der Waals surface area contributed by atoms with Crippen molar-refractivity contribution in [3.63, 3.8) is 0 Å². The third kappa shape index (κ3) is 4.23. The first-order chi connectivity index (χ1) is 13.7. The van der Waals surface area contributed by atoms with Gasteiger partial charge in [0.25, 0.3) is 0 Å². The number of amides is 2. The first kappa shape index (κ1) is 20.4. The van der Waals surface area contributed by atoms with Gasteiger partial charge >= 0.3 is 6.18 Å². The number of carbonyl (C=O) groups excluding carboxylic acids is 2. The SMILES string of the molecule is CN1C[C@H](c2cccc(C(F)(F)F)c2)[C@@H](C(=O)Nc2ccccc2/C=N/O)C1=O. The number of carbonyl (C=O) groups is 2. The Balaban J connectivity index is 1.92. The van der Waals surface area contributed by atoms with Crippen molar-refractivity contribution in [3.05, 3.63) is 65.2 Å². The molecule has 2 amide bonds. The molecule has 0 unspecified atom stereocenters. The Hall–Kier alpha value is -3.36. The van der Waals surface area contributed by atoms with E-state index in [-0.39, 0.29) is 12.1 Å². The van der Waals surface area contributed by atoms with Crippen LogP contribution in [0.3, 0.4) is 0 Å². The third-order valence-electron chi connectivity index (χ3n) is 4.86. The van der Waals surface area contributed by atoms with Crippen molar-refractivity contribution in [3.8, 4) is 0 Å². The highest BCUT2D eigenvalue weighted by molar-refractivity contribution is 6.09. The Labute approximate surface area is 164 Å². The van der Waals surface area contributed by atoms with E-state index in [4.69, 9.17) is 5.21 Å². The van der Waals surface area contributed by atoms with E-state index in [0.29, 0.717) is 11.3 Å². The maximum atomic E-state index is 13.1. The van der Waals surface area contributed by atoms with Gasteiger partial charge < -0.3 is 15.4 Å². The smallest absolute Gasteiger partial charge is 0.411 e. The van der Waals surface area contributed by atoms with Gasteiger partial charge in [0.05, 0.1) is 11.8 Å². The van der Waals surface area contributed by atoms with E-state index in [1.165, 1.54) is 24.1 Å². The van der Waals surface area contributed by atoms with Crippen LogP contribution in [0.1, 0.15) is 22.6 Å². The van der Waals surface area contributed by atoms with E-state index >= 15 is 0 Å². The normalized spacial score (nSPS) is 19.7. The second-order valence-electron chi connectivity index (χ2n) is 6.75. The largest absolute Gasteiger partial charge is 0.416 e. The molecule has 1 heterocycles. The molecule has 1 saturated heterocycles. The minimum Gasteiger partial charge on any atom is -0.411 e. The molecule has 29 heavy (non-hydrogen) atoms. The molecule has 1 aliphatic rings. The molecule has 0 aliphatic carbocycles. The van der Waals surface area contributed by atoms with Crippen LogP contribution in [-0.4, -0.2) is 41.7 Å². The molecule has 1 aliphatic heterocycles. The van der Waals surface area contributed by atoms with Gasteiger partial charge in [0.1, 0.15) is 5.92 Å². The van der Waals surface area contributed by atoms with Gasteiger partial charge in [-0.05, 0) is 17.7 Å². The van der Waals surface area contributed by atoms with Crippen LogP contribution < -0.4 is 5.32 Å². The number of nitrogens with one attached hydrogen (secondary N) is 1. The van der Waals surface area contributed by atoms with Crippen molar-refractivity contribution < 1.29 is 28.0 Å². The molecular formula is C20H18F3N3O3. The predicted octanol–water partition coefficient (Wildman–Crippen LogP) is 3.32. The second kappa shape index (κ2) is 7.94. The van der Waals surface area contributed by atoms with Gasteiger partial charge in [-0.1, -0.05) is 41.6 Å². The number of benzene rings is 2. The van der Waals surface area contributed by atoms with Gasteiger partial charge in [0, 0.05) is 30.8 Å². The molecule has 6 nitrogen and oxygen atoms in total. The summed E-state index contributed by atoms with van der Waals surface area (Å²) in [5, 5.41) is 14.3. The Morgan fingerprint density at radius 2 is 1.97 bits per heavy atom. The van der Waals surface area contributed by atoms with Crippen LogP contribution in [0.15, 0.2) is 53.7 Å². The average molecular weight is 405 g/mol. The molecular weight excluding hydrogens is 387 g/mol. The first-order valence-electron chi connectivity index (χ1n) is 8.72. The lowest BCUT2D eigenvalue weighted by molar-refractivity contribution is -0.137. The number of likely N-dealkylation sites (tertiary alicyclic amines) is 1. The van der Waals surface area contributed by atoms with Gasteiger partial charge in [-0.25, -0.2) is 0 Å². The van der Waals surface area contributed by atoms with E-state index in [9.17, 15) is 22.8 Å². The molecule has 0 aromatic heterocycles.